The largest absolute Gasteiger partial charge is 0.465 e. The molecule has 0 bridgehead atoms. The van der Waals surface area contributed by atoms with Crippen LogP contribution < -0.4 is 0 Å². The van der Waals surface area contributed by atoms with Crippen LogP contribution in [0, 0.1) is 0 Å². The average Bonchev–Trinajstić information content (AvgIpc) is 3.12. The number of nitrogens with zero attached hydrogens (tertiary/aromatic N) is 1. The van der Waals surface area contributed by atoms with E-state index < -0.39 is 52.0 Å². The average molecular weight is 427 g/mol. The van der Waals surface area contributed by atoms with Gasteiger partial charge in [-0.1, -0.05) is 12.8 Å². The Kier molecular flexibility index (Phi) is 7.24. The molecule has 5 nitrogen and oxygen atoms in total. The van der Waals surface area contributed by atoms with Crippen molar-refractivity contribution >= 4 is 23.7 Å². The summed E-state index contributed by atoms with van der Waals surface area (Å²) >= 11 is 0.789. The first-order valence-electron chi connectivity index (χ1n) is 8.47. The minimum atomic E-state index is -5.20. The van der Waals surface area contributed by atoms with Crippen LogP contribution >= 0.6 is 11.8 Å². The number of pyridine rings is 1. The minimum Gasteiger partial charge on any atom is -0.465 e. The van der Waals surface area contributed by atoms with Crippen molar-refractivity contribution in [3.63, 3.8) is 0 Å². The highest BCUT2D eigenvalue weighted by atomic mass is 32.2. The second-order valence-electron chi connectivity index (χ2n) is 5.96. The summed E-state index contributed by atoms with van der Waals surface area (Å²) in [7, 11) is 0.906. The van der Waals surface area contributed by atoms with Crippen molar-refractivity contribution in [3.05, 3.63) is 22.5 Å². The summed E-state index contributed by atoms with van der Waals surface area (Å²) < 4.78 is 76.9. The number of rotatable bonds is 6. The maximum Gasteiger partial charge on any atom is 0.434 e. The summed E-state index contributed by atoms with van der Waals surface area (Å²) in [5.41, 5.74) is -5.02. The number of thioether (sulfide) groups is 1. The number of aromatic nitrogens is 1. The lowest BCUT2D eigenvalue weighted by Crippen LogP contribution is -2.24. The Balaban J connectivity index is 2.86. The van der Waals surface area contributed by atoms with Crippen LogP contribution in [0.4, 0.5) is 22.0 Å². The lowest BCUT2D eigenvalue weighted by molar-refractivity contribution is -0.142. The fraction of sp³-hybridized carbons (Fsp3) is 0.588. The molecule has 156 valence electrons. The van der Waals surface area contributed by atoms with Crippen LogP contribution in [0.3, 0.4) is 0 Å². The van der Waals surface area contributed by atoms with E-state index in [0.29, 0.717) is 12.8 Å². The topological polar surface area (TPSA) is 65.5 Å². The molecule has 11 heteroatoms. The van der Waals surface area contributed by atoms with Gasteiger partial charge in [-0.15, -0.1) is 11.8 Å². The van der Waals surface area contributed by atoms with Gasteiger partial charge in [0, 0.05) is 10.1 Å². The first kappa shape index (κ1) is 22.4. The van der Waals surface area contributed by atoms with Gasteiger partial charge in [0.25, 0.3) is 6.43 Å². The molecule has 1 aromatic heterocycles. The summed E-state index contributed by atoms with van der Waals surface area (Å²) in [6.45, 7) is 1.14. The summed E-state index contributed by atoms with van der Waals surface area (Å²) in [6.07, 6.45) is -5.85. The minimum absolute atomic E-state index is 0.231. The van der Waals surface area contributed by atoms with Crippen molar-refractivity contribution in [3.8, 4) is 0 Å². The standard InChI is InChI=1S/C17H18F5NO4S/c1-3-27-16(25)10-12(28-8-6-4-5-7-8)9(15(24)26-2)11(14(18)19)23-13(10)17(20,21)22/h8,14H,3-7H2,1-2H3. The molecule has 0 aromatic carbocycles. The Hall–Kier alpha value is -1.91. The van der Waals surface area contributed by atoms with E-state index in [4.69, 9.17) is 4.74 Å². The zero-order valence-corrected chi connectivity index (χ0v) is 15.9. The number of ether oxygens (including phenoxy) is 2. The summed E-state index contributed by atoms with van der Waals surface area (Å²) in [4.78, 5) is 27.0. The highest BCUT2D eigenvalue weighted by Crippen LogP contribution is 2.44. The summed E-state index contributed by atoms with van der Waals surface area (Å²) in [6, 6.07) is 0. The van der Waals surface area contributed by atoms with Gasteiger partial charge in [-0.2, -0.15) is 13.2 Å². The second-order valence-corrected chi connectivity index (χ2v) is 7.27. The molecule has 0 atom stereocenters. The van der Waals surface area contributed by atoms with E-state index in [1.54, 1.807) is 0 Å². The highest BCUT2D eigenvalue weighted by Gasteiger charge is 2.44. The van der Waals surface area contributed by atoms with Gasteiger partial charge in [-0.05, 0) is 19.8 Å². The van der Waals surface area contributed by atoms with E-state index in [9.17, 15) is 31.5 Å². The van der Waals surface area contributed by atoms with E-state index in [0.717, 1.165) is 31.7 Å². The monoisotopic (exact) mass is 427 g/mol. The summed E-state index contributed by atoms with van der Waals surface area (Å²) in [5, 5.41) is -0.231. The van der Waals surface area contributed by atoms with Gasteiger partial charge in [0.2, 0.25) is 0 Å². The molecular formula is C17H18F5NO4S. The molecule has 0 amide bonds. The molecule has 1 aliphatic carbocycles. The third-order valence-electron chi connectivity index (χ3n) is 4.11. The number of halogens is 5. The molecule has 1 saturated carbocycles. The van der Waals surface area contributed by atoms with Crippen LogP contribution in [0.15, 0.2) is 4.90 Å². The zero-order chi connectivity index (χ0) is 21.1. The third kappa shape index (κ3) is 4.73. The van der Waals surface area contributed by atoms with Crippen molar-refractivity contribution in [2.45, 2.75) is 55.4 Å². The first-order valence-corrected chi connectivity index (χ1v) is 9.35. The van der Waals surface area contributed by atoms with Crippen LogP contribution in [-0.4, -0.2) is 35.9 Å². The molecule has 0 spiro atoms. The number of methoxy groups -OCH3 is 1. The normalized spacial score (nSPS) is 15.1. The van der Waals surface area contributed by atoms with Crippen LogP contribution in [0.1, 0.15) is 71.1 Å². The van der Waals surface area contributed by atoms with Crippen molar-refractivity contribution < 1.29 is 41.0 Å². The first-order chi connectivity index (χ1) is 13.1. The molecule has 0 saturated heterocycles. The van der Waals surface area contributed by atoms with Crippen molar-refractivity contribution in [2.75, 3.05) is 13.7 Å². The quantitative estimate of drug-likeness (QED) is 0.468. The predicted octanol–water partition coefficient (Wildman–Crippen LogP) is 5.04. The number of carbonyl (C=O) groups excluding carboxylic acids is 2. The van der Waals surface area contributed by atoms with Gasteiger partial charge in [0.15, 0.2) is 5.69 Å². The lowest BCUT2D eigenvalue weighted by atomic mass is 10.1. The number of hydrogen-bond donors (Lipinski definition) is 0. The highest BCUT2D eigenvalue weighted by molar-refractivity contribution is 8.00. The SMILES string of the molecule is CCOC(=O)c1c(C(F)(F)F)nc(C(F)F)c(C(=O)OC)c1SC1CCCC1. The molecule has 1 fully saturated rings. The molecule has 1 aliphatic rings. The van der Waals surface area contributed by atoms with Crippen LogP contribution in [0.5, 0.6) is 0 Å². The Morgan fingerprint density at radius 1 is 1.18 bits per heavy atom. The molecule has 28 heavy (non-hydrogen) atoms. The fourth-order valence-electron chi connectivity index (χ4n) is 2.93. The Morgan fingerprint density at radius 3 is 2.25 bits per heavy atom. The molecule has 0 radical (unpaired) electrons. The molecule has 1 heterocycles. The van der Waals surface area contributed by atoms with E-state index in [2.05, 4.69) is 9.72 Å². The van der Waals surface area contributed by atoms with Gasteiger partial charge < -0.3 is 9.47 Å². The van der Waals surface area contributed by atoms with Crippen molar-refractivity contribution in [1.29, 1.82) is 0 Å². The van der Waals surface area contributed by atoms with E-state index in [-0.39, 0.29) is 11.9 Å². The smallest absolute Gasteiger partial charge is 0.434 e. The fourth-order valence-corrected chi connectivity index (χ4v) is 4.43. The van der Waals surface area contributed by atoms with Crippen LogP contribution in [-0.2, 0) is 15.7 Å². The van der Waals surface area contributed by atoms with Gasteiger partial charge in [0.1, 0.15) is 16.8 Å². The predicted molar refractivity (Wildman–Crippen MR) is 89.6 cm³/mol. The van der Waals surface area contributed by atoms with Gasteiger partial charge in [0.05, 0.1) is 13.7 Å². The van der Waals surface area contributed by atoms with E-state index >= 15 is 0 Å². The Bertz CT molecular complexity index is 748. The van der Waals surface area contributed by atoms with Gasteiger partial charge in [-0.25, -0.2) is 23.4 Å². The molecule has 0 unspecified atom stereocenters. The maximum absolute atomic E-state index is 13.6. The van der Waals surface area contributed by atoms with Crippen LogP contribution in [0.25, 0.3) is 0 Å². The van der Waals surface area contributed by atoms with Crippen molar-refractivity contribution in [2.24, 2.45) is 0 Å². The molecular weight excluding hydrogens is 409 g/mol. The molecule has 0 N–H and O–H groups in total. The zero-order valence-electron chi connectivity index (χ0n) is 15.1. The van der Waals surface area contributed by atoms with Gasteiger partial charge >= 0.3 is 18.1 Å². The maximum atomic E-state index is 13.6. The Labute approximate surface area is 162 Å². The molecule has 0 aliphatic heterocycles. The lowest BCUT2D eigenvalue weighted by Gasteiger charge is -2.21. The Morgan fingerprint density at radius 2 is 1.79 bits per heavy atom. The summed E-state index contributed by atoms with van der Waals surface area (Å²) in [5.74, 6) is -2.67. The number of hydrogen-bond acceptors (Lipinski definition) is 6. The third-order valence-corrected chi connectivity index (χ3v) is 5.56. The molecule has 2 rings (SSSR count). The number of esters is 2. The second kappa shape index (κ2) is 9.06. The van der Waals surface area contributed by atoms with Crippen LogP contribution in [0.2, 0.25) is 0 Å². The van der Waals surface area contributed by atoms with E-state index in [1.165, 1.54) is 6.92 Å². The van der Waals surface area contributed by atoms with Crippen molar-refractivity contribution in [1.82, 2.24) is 4.98 Å². The number of carbonyl (C=O) groups is 2. The van der Waals surface area contributed by atoms with E-state index in [1.807, 2.05) is 0 Å². The number of alkyl halides is 5. The molecule has 1 aromatic rings. The van der Waals surface area contributed by atoms with Gasteiger partial charge in [-0.3, -0.25) is 0 Å².